The Bertz CT molecular complexity index is 693. The van der Waals surface area contributed by atoms with Crippen molar-refractivity contribution in [3.05, 3.63) is 23.8 Å². The van der Waals surface area contributed by atoms with E-state index in [2.05, 4.69) is 27.3 Å². The highest BCUT2D eigenvalue weighted by Gasteiger charge is 2.25. The smallest absolute Gasteiger partial charge is 0.291 e. The molecule has 1 atom stereocenters. The molecular formula is C17H25N5O2. The molecule has 1 unspecified atom stereocenters. The first-order valence-electron chi connectivity index (χ1n) is 8.84. The number of carbonyl (C=O) groups excluding carboxylic acids is 1. The number of fused-ring (bicyclic) bond motifs is 1. The van der Waals surface area contributed by atoms with Crippen LogP contribution in [0, 0.1) is 5.92 Å². The fourth-order valence-corrected chi connectivity index (χ4v) is 3.50. The Morgan fingerprint density at radius 3 is 2.92 bits per heavy atom. The minimum Gasteiger partial charge on any atom is -0.396 e. The Balaban J connectivity index is 1.72. The van der Waals surface area contributed by atoms with Gasteiger partial charge in [0, 0.05) is 25.0 Å². The van der Waals surface area contributed by atoms with Crippen molar-refractivity contribution in [1.29, 1.82) is 0 Å². The number of hydrogen-bond donors (Lipinski definition) is 2. The van der Waals surface area contributed by atoms with Crippen LogP contribution in [0.1, 0.15) is 61.6 Å². The highest BCUT2D eigenvalue weighted by molar-refractivity contribution is 5.91. The highest BCUT2D eigenvalue weighted by Crippen LogP contribution is 2.27. The van der Waals surface area contributed by atoms with Crippen LogP contribution in [-0.2, 0) is 6.42 Å². The summed E-state index contributed by atoms with van der Waals surface area (Å²) in [4.78, 5) is 20.9. The van der Waals surface area contributed by atoms with Gasteiger partial charge in [0.15, 0.2) is 0 Å². The van der Waals surface area contributed by atoms with Gasteiger partial charge in [-0.1, -0.05) is 26.2 Å². The fraction of sp³-hybridized carbons (Fsp3) is 0.647. The zero-order valence-electron chi connectivity index (χ0n) is 14.1. The molecular weight excluding hydrogens is 306 g/mol. The molecule has 3 rings (SSSR count). The lowest BCUT2D eigenvalue weighted by Crippen LogP contribution is -2.41. The van der Waals surface area contributed by atoms with E-state index < -0.39 is 0 Å². The second-order valence-corrected chi connectivity index (χ2v) is 6.50. The summed E-state index contributed by atoms with van der Waals surface area (Å²) in [7, 11) is 0. The van der Waals surface area contributed by atoms with Gasteiger partial charge in [-0.3, -0.25) is 4.79 Å². The molecule has 7 nitrogen and oxygen atoms in total. The molecule has 0 radical (unpaired) electrons. The van der Waals surface area contributed by atoms with Gasteiger partial charge in [0.05, 0.1) is 0 Å². The monoisotopic (exact) mass is 331 g/mol. The number of hydrogen-bond acceptors (Lipinski definition) is 5. The topological polar surface area (TPSA) is 92.4 Å². The predicted molar refractivity (Wildman–Crippen MR) is 89.7 cm³/mol. The maximum atomic E-state index is 12.5. The molecule has 0 aliphatic heterocycles. The van der Waals surface area contributed by atoms with Crippen molar-refractivity contribution in [1.82, 2.24) is 24.9 Å². The van der Waals surface area contributed by atoms with Crippen molar-refractivity contribution in [2.24, 2.45) is 5.92 Å². The lowest BCUT2D eigenvalue weighted by molar-refractivity contribution is 0.0900. The zero-order valence-corrected chi connectivity index (χ0v) is 14.1. The second kappa shape index (κ2) is 7.70. The molecule has 24 heavy (non-hydrogen) atoms. The molecule has 0 aromatic carbocycles. The maximum absolute atomic E-state index is 12.5. The Morgan fingerprint density at radius 1 is 1.42 bits per heavy atom. The van der Waals surface area contributed by atoms with Gasteiger partial charge in [-0.2, -0.15) is 4.98 Å². The third kappa shape index (κ3) is 3.72. The Labute approximate surface area is 141 Å². The van der Waals surface area contributed by atoms with Gasteiger partial charge in [0.2, 0.25) is 5.82 Å². The molecule has 130 valence electrons. The van der Waals surface area contributed by atoms with E-state index in [1.807, 2.05) is 0 Å². The average Bonchev–Trinajstić information content (AvgIpc) is 3.04. The molecule has 0 bridgehead atoms. The van der Waals surface area contributed by atoms with E-state index in [-0.39, 0.29) is 24.4 Å². The molecule has 2 heterocycles. The summed E-state index contributed by atoms with van der Waals surface area (Å²) >= 11 is 0. The molecule has 2 aromatic heterocycles. The van der Waals surface area contributed by atoms with Crippen molar-refractivity contribution in [2.75, 3.05) is 6.61 Å². The van der Waals surface area contributed by atoms with E-state index in [1.165, 1.54) is 36.6 Å². The minimum atomic E-state index is -0.235. The summed E-state index contributed by atoms with van der Waals surface area (Å²) in [6, 6.07) is 0.183. The number of aliphatic hydroxyl groups is 1. The van der Waals surface area contributed by atoms with Gasteiger partial charge in [0.1, 0.15) is 0 Å². The molecule has 1 fully saturated rings. The minimum absolute atomic E-state index is 0.0504. The Morgan fingerprint density at radius 2 is 2.21 bits per heavy atom. The molecule has 2 aromatic rings. The highest BCUT2D eigenvalue weighted by atomic mass is 16.3. The lowest BCUT2D eigenvalue weighted by Gasteiger charge is -2.29. The number of amides is 1. The van der Waals surface area contributed by atoms with E-state index >= 15 is 0 Å². The number of nitrogens with zero attached hydrogens (tertiary/aromatic N) is 4. The molecule has 2 N–H and O–H groups in total. The van der Waals surface area contributed by atoms with Crippen LogP contribution in [0.25, 0.3) is 5.78 Å². The zero-order chi connectivity index (χ0) is 16.9. The van der Waals surface area contributed by atoms with Crippen molar-refractivity contribution in [3.63, 3.8) is 0 Å². The van der Waals surface area contributed by atoms with E-state index in [0.717, 1.165) is 12.0 Å². The Kier molecular flexibility index (Phi) is 5.40. The standard InChI is InChI=1S/C17H25N5O2/c1-2-14(13-6-4-3-5-7-13)19-16(24)15-20-17-18-10-12(8-9-23)11-22(17)21-15/h10-11,13-14,23H,2-9H2,1H3,(H,19,24). The summed E-state index contributed by atoms with van der Waals surface area (Å²) in [6.45, 7) is 2.16. The quantitative estimate of drug-likeness (QED) is 0.841. The van der Waals surface area contributed by atoms with Crippen molar-refractivity contribution >= 4 is 11.7 Å². The lowest BCUT2D eigenvalue weighted by atomic mass is 9.83. The normalized spacial score (nSPS) is 17.1. The van der Waals surface area contributed by atoms with Gasteiger partial charge in [0.25, 0.3) is 11.7 Å². The first-order valence-corrected chi connectivity index (χ1v) is 8.84. The molecule has 7 heteroatoms. The van der Waals surface area contributed by atoms with Crippen LogP contribution in [0.15, 0.2) is 12.4 Å². The molecule has 0 saturated heterocycles. The van der Waals surface area contributed by atoms with Gasteiger partial charge in [-0.15, -0.1) is 5.10 Å². The van der Waals surface area contributed by atoms with Crippen molar-refractivity contribution in [2.45, 2.75) is 57.9 Å². The van der Waals surface area contributed by atoms with E-state index in [9.17, 15) is 4.79 Å². The summed E-state index contributed by atoms with van der Waals surface area (Å²) in [6.07, 6.45) is 11.0. The van der Waals surface area contributed by atoms with Gasteiger partial charge >= 0.3 is 0 Å². The third-order valence-corrected chi connectivity index (χ3v) is 4.83. The first-order chi connectivity index (χ1) is 11.7. The SMILES string of the molecule is CCC(NC(=O)c1nc2ncc(CCO)cn2n1)C1CCCCC1. The summed E-state index contributed by atoms with van der Waals surface area (Å²) in [5.74, 6) is 0.867. The van der Waals surface area contributed by atoms with Gasteiger partial charge in [-0.25, -0.2) is 9.50 Å². The number of nitrogens with one attached hydrogen (secondary N) is 1. The van der Waals surface area contributed by atoms with Gasteiger partial charge in [-0.05, 0) is 37.2 Å². The molecule has 1 amide bonds. The van der Waals surface area contributed by atoms with Crippen LogP contribution >= 0.6 is 0 Å². The van der Waals surface area contributed by atoms with E-state index in [0.29, 0.717) is 18.1 Å². The van der Waals surface area contributed by atoms with Crippen molar-refractivity contribution in [3.8, 4) is 0 Å². The van der Waals surface area contributed by atoms with Crippen molar-refractivity contribution < 1.29 is 9.90 Å². The second-order valence-electron chi connectivity index (χ2n) is 6.50. The molecule has 1 saturated carbocycles. The van der Waals surface area contributed by atoms with E-state index in [1.54, 1.807) is 12.4 Å². The maximum Gasteiger partial charge on any atom is 0.291 e. The summed E-state index contributed by atoms with van der Waals surface area (Å²) < 4.78 is 1.50. The molecule has 0 spiro atoms. The number of aromatic nitrogens is 4. The predicted octanol–water partition coefficient (Wildman–Crippen LogP) is 1.75. The average molecular weight is 331 g/mol. The van der Waals surface area contributed by atoms with E-state index in [4.69, 9.17) is 5.11 Å². The summed E-state index contributed by atoms with van der Waals surface area (Å²) in [5.41, 5.74) is 0.857. The number of rotatable bonds is 6. The summed E-state index contributed by atoms with van der Waals surface area (Å²) in [5, 5.41) is 16.3. The molecule has 1 aliphatic carbocycles. The number of aliphatic hydroxyl groups excluding tert-OH is 1. The van der Waals surface area contributed by atoms with Crippen LogP contribution in [0.4, 0.5) is 0 Å². The van der Waals surface area contributed by atoms with Crippen LogP contribution < -0.4 is 5.32 Å². The third-order valence-electron chi connectivity index (χ3n) is 4.83. The van der Waals surface area contributed by atoms with Crippen LogP contribution in [0.3, 0.4) is 0 Å². The fourth-order valence-electron chi connectivity index (χ4n) is 3.50. The molecule has 1 aliphatic rings. The number of carbonyl (C=O) groups is 1. The van der Waals surface area contributed by atoms with Crippen LogP contribution in [-0.4, -0.2) is 43.2 Å². The largest absolute Gasteiger partial charge is 0.396 e. The van der Waals surface area contributed by atoms with Crippen LogP contribution in [0.5, 0.6) is 0 Å². The Hall–Kier alpha value is -2.02. The van der Waals surface area contributed by atoms with Gasteiger partial charge < -0.3 is 10.4 Å². The van der Waals surface area contributed by atoms with Crippen LogP contribution in [0.2, 0.25) is 0 Å². The first kappa shape index (κ1) is 16.8.